The number of anilines is 1. The van der Waals surface area contributed by atoms with E-state index < -0.39 is 0 Å². The molecule has 0 aliphatic heterocycles. The number of nitrogens with zero attached hydrogens (tertiary/aromatic N) is 2. The molecule has 27 heavy (non-hydrogen) atoms. The van der Waals surface area contributed by atoms with E-state index in [1.54, 1.807) is 24.5 Å². The lowest BCUT2D eigenvalue weighted by molar-refractivity contribution is 0.102. The van der Waals surface area contributed by atoms with Gasteiger partial charge in [-0.05, 0) is 72.4 Å². The number of benzene rings is 1. The quantitative estimate of drug-likeness (QED) is 0.478. The van der Waals surface area contributed by atoms with Crippen LogP contribution >= 0.6 is 23.4 Å². The van der Waals surface area contributed by atoms with Crippen LogP contribution < -0.4 is 5.32 Å². The highest BCUT2D eigenvalue weighted by molar-refractivity contribution is 7.98. The van der Waals surface area contributed by atoms with Crippen molar-refractivity contribution in [3.63, 3.8) is 0 Å². The molecule has 2 aromatic heterocycles. The Hall–Kier alpha value is -2.37. The molecule has 4 rings (SSSR count). The summed E-state index contributed by atoms with van der Waals surface area (Å²) >= 11 is 7.45. The summed E-state index contributed by atoms with van der Waals surface area (Å²) in [5, 5.41) is 4.17. The molecule has 0 bridgehead atoms. The SMILES string of the molecule is O=C(Nc1ccc2c(c1)CCC2)c1cccnc1SCc1ccnc(Cl)c1. The van der Waals surface area contributed by atoms with Crippen molar-refractivity contribution >= 4 is 35.0 Å². The van der Waals surface area contributed by atoms with Crippen LogP contribution in [-0.4, -0.2) is 15.9 Å². The van der Waals surface area contributed by atoms with Gasteiger partial charge in [0.15, 0.2) is 0 Å². The number of thioether (sulfide) groups is 1. The number of carbonyl (C=O) groups excluding carboxylic acids is 1. The highest BCUT2D eigenvalue weighted by atomic mass is 35.5. The molecule has 1 N–H and O–H groups in total. The van der Waals surface area contributed by atoms with Crippen molar-refractivity contribution in [1.82, 2.24) is 9.97 Å². The lowest BCUT2D eigenvalue weighted by Gasteiger charge is -2.10. The summed E-state index contributed by atoms with van der Waals surface area (Å²) in [4.78, 5) is 21.2. The first kappa shape index (κ1) is 18.0. The fraction of sp³-hybridized carbons (Fsp3) is 0.190. The minimum absolute atomic E-state index is 0.142. The number of carbonyl (C=O) groups is 1. The molecule has 136 valence electrons. The minimum atomic E-state index is -0.142. The first-order chi connectivity index (χ1) is 13.2. The zero-order valence-corrected chi connectivity index (χ0v) is 16.2. The average Bonchev–Trinajstić information content (AvgIpc) is 3.14. The van der Waals surface area contributed by atoms with Gasteiger partial charge in [-0.3, -0.25) is 4.79 Å². The van der Waals surface area contributed by atoms with E-state index in [-0.39, 0.29) is 5.91 Å². The number of amides is 1. The molecule has 0 saturated carbocycles. The Kier molecular flexibility index (Phi) is 5.41. The molecule has 4 nitrogen and oxygen atoms in total. The van der Waals surface area contributed by atoms with E-state index in [0.717, 1.165) is 24.1 Å². The smallest absolute Gasteiger partial charge is 0.258 e. The number of aromatic nitrogens is 2. The van der Waals surface area contributed by atoms with Crippen LogP contribution in [-0.2, 0) is 18.6 Å². The summed E-state index contributed by atoms with van der Waals surface area (Å²) in [5.41, 5.74) is 5.17. The highest BCUT2D eigenvalue weighted by Crippen LogP contribution is 2.27. The molecular weight excluding hydrogens is 378 g/mol. The Labute approximate surface area is 167 Å². The van der Waals surface area contributed by atoms with Crippen molar-refractivity contribution in [2.24, 2.45) is 0 Å². The van der Waals surface area contributed by atoms with E-state index in [9.17, 15) is 4.79 Å². The summed E-state index contributed by atoms with van der Waals surface area (Å²) in [6.07, 6.45) is 6.79. The van der Waals surface area contributed by atoms with Crippen LogP contribution in [0.3, 0.4) is 0 Å². The van der Waals surface area contributed by atoms with Crippen molar-refractivity contribution in [3.8, 4) is 0 Å². The van der Waals surface area contributed by atoms with Gasteiger partial charge in [0, 0.05) is 23.8 Å². The maximum absolute atomic E-state index is 12.8. The van der Waals surface area contributed by atoms with E-state index in [0.29, 0.717) is 21.5 Å². The molecule has 2 heterocycles. The Morgan fingerprint density at radius 1 is 1.07 bits per heavy atom. The molecule has 3 aromatic rings. The zero-order valence-electron chi connectivity index (χ0n) is 14.6. The van der Waals surface area contributed by atoms with Gasteiger partial charge in [0.1, 0.15) is 10.2 Å². The molecule has 0 atom stereocenters. The second-order valence-electron chi connectivity index (χ2n) is 6.42. The van der Waals surface area contributed by atoms with Crippen molar-refractivity contribution < 1.29 is 4.79 Å². The monoisotopic (exact) mass is 395 g/mol. The molecule has 0 spiro atoms. The molecule has 1 amide bonds. The summed E-state index contributed by atoms with van der Waals surface area (Å²) in [6.45, 7) is 0. The van der Waals surface area contributed by atoms with Crippen LogP contribution in [0.2, 0.25) is 5.15 Å². The average molecular weight is 396 g/mol. The minimum Gasteiger partial charge on any atom is -0.322 e. The first-order valence-corrected chi connectivity index (χ1v) is 10.2. The van der Waals surface area contributed by atoms with Gasteiger partial charge in [-0.2, -0.15) is 0 Å². The summed E-state index contributed by atoms with van der Waals surface area (Å²) in [5.74, 6) is 0.523. The van der Waals surface area contributed by atoms with Crippen molar-refractivity contribution in [2.75, 3.05) is 5.32 Å². The van der Waals surface area contributed by atoms with Crippen LogP contribution in [0.25, 0.3) is 0 Å². The molecule has 0 radical (unpaired) electrons. The number of nitrogens with one attached hydrogen (secondary N) is 1. The van der Waals surface area contributed by atoms with Gasteiger partial charge >= 0.3 is 0 Å². The normalized spacial score (nSPS) is 12.6. The Bertz CT molecular complexity index is 993. The number of fused-ring (bicyclic) bond motifs is 1. The second kappa shape index (κ2) is 8.11. The predicted molar refractivity (Wildman–Crippen MR) is 109 cm³/mol. The topological polar surface area (TPSA) is 54.9 Å². The fourth-order valence-electron chi connectivity index (χ4n) is 3.21. The number of hydrogen-bond acceptors (Lipinski definition) is 4. The lowest BCUT2D eigenvalue weighted by Crippen LogP contribution is -2.13. The van der Waals surface area contributed by atoms with Gasteiger partial charge in [0.2, 0.25) is 0 Å². The van der Waals surface area contributed by atoms with Crippen molar-refractivity contribution in [3.05, 3.63) is 82.3 Å². The number of halogens is 1. The molecule has 0 saturated heterocycles. The highest BCUT2D eigenvalue weighted by Gasteiger charge is 2.15. The zero-order chi connectivity index (χ0) is 18.6. The summed E-state index contributed by atoms with van der Waals surface area (Å²) < 4.78 is 0. The van der Waals surface area contributed by atoms with Gasteiger partial charge in [0.25, 0.3) is 5.91 Å². The van der Waals surface area contributed by atoms with E-state index in [4.69, 9.17) is 11.6 Å². The standard InChI is InChI=1S/C21H18ClN3OS/c22-19-11-14(8-10-23-19)13-27-21-18(5-2-9-24-21)20(26)25-17-7-6-15-3-1-4-16(15)12-17/h2,5-12H,1,3-4,13H2,(H,25,26). The molecule has 1 aromatic carbocycles. The van der Waals surface area contributed by atoms with Crippen molar-refractivity contribution in [2.45, 2.75) is 30.0 Å². The van der Waals surface area contributed by atoms with Gasteiger partial charge in [0.05, 0.1) is 5.56 Å². The Balaban J connectivity index is 1.49. The van der Waals surface area contributed by atoms with Gasteiger partial charge in [-0.1, -0.05) is 17.7 Å². The van der Waals surface area contributed by atoms with Crippen LogP contribution in [0.1, 0.15) is 33.5 Å². The van der Waals surface area contributed by atoms with E-state index in [1.807, 2.05) is 18.2 Å². The molecule has 0 unspecified atom stereocenters. The first-order valence-electron chi connectivity index (χ1n) is 8.80. The van der Waals surface area contributed by atoms with Crippen molar-refractivity contribution in [1.29, 1.82) is 0 Å². The van der Waals surface area contributed by atoms with Crippen LogP contribution in [0, 0.1) is 0 Å². The number of rotatable bonds is 5. The number of hydrogen-bond donors (Lipinski definition) is 1. The van der Waals surface area contributed by atoms with E-state index in [2.05, 4.69) is 27.4 Å². The van der Waals surface area contributed by atoms with E-state index in [1.165, 1.54) is 29.3 Å². The summed E-state index contributed by atoms with van der Waals surface area (Å²) in [6, 6.07) is 13.5. The van der Waals surface area contributed by atoms with E-state index >= 15 is 0 Å². The molecule has 0 fully saturated rings. The molecule has 1 aliphatic carbocycles. The van der Waals surface area contributed by atoms with Crippen LogP contribution in [0.5, 0.6) is 0 Å². The predicted octanol–water partition coefficient (Wildman–Crippen LogP) is 5.16. The fourth-order valence-corrected chi connectivity index (χ4v) is 4.34. The Morgan fingerprint density at radius 3 is 2.85 bits per heavy atom. The van der Waals surface area contributed by atoms with Gasteiger partial charge in [-0.15, -0.1) is 11.8 Å². The number of aryl methyl sites for hydroxylation is 2. The molecular formula is C21H18ClN3OS. The van der Waals surface area contributed by atoms with Crippen LogP contribution in [0.15, 0.2) is 59.9 Å². The number of pyridine rings is 2. The maximum atomic E-state index is 12.8. The van der Waals surface area contributed by atoms with Gasteiger partial charge < -0.3 is 5.32 Å². The third-order valence-electron chi connectivity index (χ3n) is 4.54. The lowest BCUT2D eigenvalue weighted by atomic mass is 10.1. The molecule has 1 aliphatic rings. The summed E-state index contributed by atoms with van der Waals surface area (Å²) in [7, 11) is 0. The van der Waals surface area contributed by atoms with Gasteiger partial charge in [-0.25, -0.2) is 9.97 Å². The Morgan fingerprint density at radius 2 is 1.96 bits per heavy atom. The maximum Gasteiger partial charge on any atom is 0.258 e. The third-order valence-corrected chi connectivity index (χ3v) is 5.82. The largest absolute Gasteiger partial charge is 0.322 e. The third kappa shape index (κ3) is 4.31. The van der Waals surface area contributed by atoms with Crippen LogP contribution in [0.4, 0.5) is 5.69 Å². The second-order valence-corrected chi connectivity index (χ2v) is 7.77. The molecule has 6 heteroatoms.